The Morgan fingerprint density at radius 1 is 1.18 bits per heavy atom. The molecular weight excluding hydrogens is 166 g/mol. The third-order valence-corrected chi connectivity index (χ3v) is 2.88. The van der Waals surface area contributed by atoms with Crippen LogP contribution in [0.5, 0.6) is 0 Å². The Bertz CT molecular complexity index is 225. The Morgan fingerprint density at radius 2 is 1.73 bits per heavy atom. The van der Waals surface area contributed by atoms with Crippen molar-refractivity contribution in [2.24, 2.45) is 0 Å². The highest BCUT2D eigenvalue weighted by Crippen LogP contribution is 2.06. The van der Waals surface area contributed by atoms with Gasteiger partial charge in [0.2, 0.25) is 0 Å². The minimum absolute atomic E-state index is 0.0162. The standard InChI is InChI=1S/C7H8F2OSi/c1-10-11(8,9)7-5-3-2-4-6-7/h2-6H,1H3. The zero-order valence-electron chi connectivity index (χ0n) is 6.05. The summed E-state index contributed by atoms with van der Waals surface area (Å²) in [6.07, 6.45) is 0. The van der Waals surface area contributed by atoms with Crippen LogP contribution in [0.1, 0.15) is 0 Å². The average molecular weight is 174 g/mol. The number of hydrogen-bond acceptors (Lipinski definition) is 1. The molecule has 1 nitrogen and oxygen atoms in total. The Hall–Kier alpha value is -0.743. The van der Waals surface area contributed by atoms with Gasteiger partial charge >= 0.3 is 8.99 Å². The molecule has 1 rings (SSSR count). The van der Waals surface area contributed by atoms with Gasteiger partial charge in [-0.15, -0.1) is 0 Å². The molecule has 0 aliphatic heterocycles. The van der Waals surface area contributed by atoms with Gasteiger partial charge in [0.1, 0.15) is 0 Å². The van der Waals surface area contributed by atoms with Crippen LogP contribution in [0.3, 0.4) is 0 Å². The summed E-state index contributed by atoms with van der Waals surface area (Å²) < 4.78 is 29.7. The summed E-state index contributed by atoms with van der Waals surface area (Å²) in [4.78, 5) is 0. The first kappa shape index (κ1) is 8.35. The van der Waals surface area contributed by atoms with Gasteiger partial charge < -0.3 is 4.43 Å². The van der Waals surface area contributed by atoms with Gasteiger partial charge in [-0.05, 0) is 0 Å². The molecule has 4 heteroatoms. The fourth-order valence-corrected chi connectivity index (χ4v) is 1.57. The van der Waals surface area contributed by atoms with Crippen molar-refractivity contribution in [2.45, 2.75) is 0 Å². The number of halogens is 2. The van der Waals surface area contributed by atoms with E-state index in [0.29, 0.717) is 0 Å². The summed E-state index contributed by atoms with van der Waals surface area (Å²) in [6, 6.07) is 7.62. The smallest absolute Gasteiger partial charge is 0.368 e. The number of hydrogen-bond donors (Lipinski definition) is 0. The van der Waals surface area contributed by atoms with Crippen molar-refractivity contribution in [3.05, 3.63) is 30.3 Å². The molecule has 0 bridgehead atoms. The third kappa shape index (κ3) is 1.84. The molecule has 0 aliphatic carbocycles. The van der Waals surface area contributed by atoms with E-state index in [1.165, 1.54) is 12.1 Å². The highest BCUT2D eigenvalue weighted by molar-refractivity contribution is 6.74. The highest BCUT2D eigenvalue weighted by atomic mass is 28.4. The molecule has 0 spiro atoms. The monoisotopic (exact) mass is 174 g/mol. The summed E-state index contributed by atoms with van der Waals surface area (Å²) in [5, 5.41) is 0.0162. The predicted molar refractivity (Wildman–Crippen MR) is 41.1 cm³/mol. The third-order valence-electron chi connectivity index (χ3n) is 1.37. The van der Waals surface area contributed by atoms with Crippen molar-refractivity contribution in [3.8, 4) is 0 Å². The van der Waals surface area contributed by atoms with Crippen molar-refractivity contribution >= 4 is 14.2 Å². The van der Waals surface area contributed by atoms with Gasteiger partial charge in [-0.2, -0.15) is 0 Å². The van der Waals surface area contributed by atoms with Crippen LogP contribution >= 0.6 is 0 Å². The predicted octanol–water partition coefficient (Wildman–Crippen LogP) is 1.42. The number of rotatable bonds is 2. The topological polar surface area (TPSA) is 9.23 Å². The SMILES string of the molecule is CO[Si](F)(F)c1ccccc1. The molecule has 0 amide bonds. The lowest BCUT2D eigenvalue weighted by atomic mass is 10.4. The van der Waals surface area contributed by atoms with E-state index >= 15 is 0 Å². The van der Waals surface area contributed by atoms with E-state index in [-0.39, 0.29) is 5.19 Å². The Balaban J connectivity index is 2.93. The average Bonchev–Trinajstić information content (AvgIpc) is 2.06. The molecule has 0 N–H and O–H groups in total. The van der Waals surface area contributed by atoms with Crippen LogP contribution in [0.2, 0.25) is 0 Å². The lowest BCUT2D eigenvalue weighted by molar-refractivity contribution is 0.303. The maximum absolute atomic E-state index is 12.8. The van der Waals surface area contributed by atoms with Gasteiger partial charge in [0.05, 0.1) is 0 Å². The molecule has 0 saturated heterocycles. The molecule has 0 aliphatic rings. The van der Waals surface area contributed by atoms with Crippen molar-refractivity contribution < 1.29 is 12.6 Å². The molecule has 0 saturated carbocycles. The van der Waals surface area contributed by atoms with Crippen molar-refractivity contribution in [2.75, 3.05) is 7.11 Å². The zero-order chi connectivity index (χ0) is 8.32. The second-order valence-corrected chi connectivity index (χ2v) is 4.11. The summed E-state index contributed by atoms with van der Waals surface area (Å²) in [5.74, 6) is 0. The van der Waals surface area contributed by atoms with Crippen LogP contribution in [-0.4, -0.2) is 16.1 Å². The van der Waals surface area contributed by atoms with Crippen LogP contribution in [0, 0.1) is 0 Å². The van der Waals surface area contributed by atoms with E-state index in [2.05, 4.69) is 4.43 Å². The van der Waals surface area contributed by atoms with Crippen LogP contribution in [0.25, 0.3) is 0 Å². The fourth-order valence-electron chi connectivity index (χ4n) is 0.750. The lowest BCUT2D eigenvalue weighted by Crippen LogP contribution is -2.41. The minimum Gasteiger partial charge on any atom is -0.368 e. The molecule has 11 heavy (non-hydrogen) atoms. The molecule has 1 aromatic rings. The summed E-state index contributed by atoms with van der Waals surface area (Å²) in [6.45, 7) is 0. The second-order valence-electron chi connectivity index (χ2n) is 2.09. The minimum atomic E-state index is -4.55. The maximum Gasteiger partial charge on any atom is 0.613 e. The summed E-state index contributed by atoms with van der Waals surface area (Å²) in [5.41, 5.74) is 0. The molecule has 0 heterocycles. The second kappa shape index (κ2) is 3.10. The number of benzene rings is 1. The van der Waals surface area contributed by atoms with E-state index in [4.69, 9.17) is 0 Å². The first-order valence-corrected chi connectivity index (χ1v) is 4.82. The van der Waals surface area contributed by atoms with Crippen LogP contribution in [0.4, 0.5) is 8.22 Å². The first-order valence-electron chi connectivity index (χ1n) is 3.15. The molecule has 60 valence electrons. The summed E-state index contributed by atoms with van der Waals surface area (Å²) >= 11 is 0. The molecule has 0 atom stereocenters. The molecule has 0 radical (unpaired) electrons. The lowest BCUT2D eigenvalue weighted by Gasteiger charge is -2.08. The quantitative estimate of drug-likeness (QED) is 0.486. The highest BCUT2D eigenvalue weighted by Gasteiger charge is 2.39. The van der Waals surface area contributed by atoms with Gasteiger partial charge in [-0.25, -0.2) is 8.22 Å². The van der Waals surface area contributed by atoms with E-state index in [0.717, 1.165) is 7.11 Å². The maximum atomic E-state index is 12.8. The van der Waals surface area contributed by atoms with Gasteiger partial charge in [0.15, 0.2) is 0 Å². The Kier molecular flexibility index (Phi) is 2.36. The summed E-state index contributed by atoms with van der Waals surface area (Å²) in [7, 11) is -3.51. The molecule has 0 unspecified atom stereocenters. The van der Waals surface area contributed by atoms with E-state index in [1.807, 2.05) is 0 Å². The molecule has 0 fully saturated rings. The van der Waals surface area contributed by atoms with Crippen molar-refractivity contribution in [3.63, 3.8) is 0 Å². The van der Waals surface area contributed by atoms with E-state index in [9.17, 15) is 8.22 Å². The molecule has 0 aromatic heterocycles. The van der Waals surface area contributed by atoms with Crippen molar-refractivity contribution in [1.82, 2.24) is 0 Å². The normalized spacial score (nSPS) is 11.5. The van der Waals surface area contributed by atoms with E-state index < -0.39 is 8.99 Å². The molecule has 1 aromatic carbocycles. The first-order chi connectivity index (χ1) is 5.17. The largest absolute Gasteiger partial charge is 0.613 e. The fraction of sp³-hybridized carbons (Fsp3) is 0.143. The van der Waals surface area contributed by atoms with Crippen LogP contribution < -0.4 is 5.19 Å². The molecular formula is C7H8F2OSi. The van der Waals surface area contributed by atoms with Crippen LogP contribution in [-0.2, 0) is 4.43 Å². The zero-order valence-corrected chi connectivity index (χ0v) is 7.05. The van der Waals surface area contributed by atoms with E-state index in [1.54, 1.807) is 18.2 Å². The Morgan fingerprint density at radius 3 is 2.18 bits per heavy atom. The van der Waals surface area contributed by atoms with Crippen molar-refractivity contribution in [1.29, 1.82) is 0 Å². The van der Waals surface area contributed by atoms with Gasteiger partial charge in [0.25, 0.3) is 0 Å². The van der Waals surface area contributed by atoms with Crippen LogP contribution in [0.15, 0.2) is 30.3 Å². The van der Waals surface area contributed by atoms with Gasteiger partial charge in [-0.3, -0.25) is 0 Å². The van der Waals surface area contributed by atoms with Gasteiger partial charge in [0, 0.05) is 12.3 Å². The van der Waals surface area contributed by atoms with Gasteiger partial charge in [-0.1, -0.05) is 30.3 Å². The Labute approximate surface area is 65.1 Å².